The summed E-state index contributed by atoms with van der Waals surface area (Å²) in [7, 11) is 13.4. The van der Waals surface area contributed by atoms with Crippen LogP contribution in [-0.4, -0.2) is 228 Å². The van der Waals surface area contributed by atoms with E-state index in [4.69, 9.17) is 39.7 Å². The molecule has 0 saturated carbocycles. The van der Waals surface area contributed by atoms with Gasteiger partial charge in [0, 0.05) is 118 Å². The fraction of sp³-hybridized carbons (Fsp3) is 0.517. The number of likely N-dealkylation sites (N-methyl/N-ethyl adjacent to an activating group) is 3. The van der Waals surface area contributed by atoms with Gasteiger partial charge >= 0.3 is 41.0 Å². The third kappa shape index (κ3) is 29.2. The number of nitrogens with one attached hydrogen (secondary N) is 5. The molecule has 4 aromatic carbocycles. The molecule has 4 atom stereocenters. The van der Waals surface area contributed by atoms with E-state index in [1.807, 2.05) is 97.1 Å². The summed E-state index contributed by atoms with van der Waals surface area (Å²) in [6, 6.07) is 19.7. The molecular weight excluding hydrogens is 1770 g/mol. The number of imide groups is 4. The van der Waals surface area contributed by atoms with Crippen molar-refractivity contribution in [3.8, 4) is 24.2 Å². The van der Waals surface area contributed by atoms with Gasteiger partial charge in [0.25, 0.3) is 0 Å². The smallest absolute Gasteiger partial charge is 0.434 e. The van der Waals surface area contributed by atoms with Gasteiger partial charge in [0.2, 0.25) is 47.3 Å². The fourth-order valence-corrected chi connectivity index (χ4v) is 14.3. The Morgan fingerprint density at radius 3 is 1.14 bits per heavy atom. The molecule has 12 rings (SSSR count). The molecule has 4 aliphatic rings. The second-order valence-corrected chi connectivity index (χ2v) is 34.8. The molecule has 8 aromatic rings. The Balaban J connectivity index is 0.000000257. The van der Waals surface area contributed by atoms with Gasteiger partial charge in [-0.25, -0.2) is 33.6 Å². The number of amides is 11. The fourth-order valence-electron chi connectivity index (χ4n) is 14.0. The van der Waals surface area contributed by atoms with Crippen molar-refractivity contribution in [3.63, 3.8) is 0 Å². The van der Waals surface area contributed by atoms with Gasteiger partial charge in [0.15, 0.2) is 0 Å². The zero-order valence-corrected chi connectivity index (χ0v) is 79.2. The van der Waals surface area contributed by atoms with Crippen LogP contribution >= 0.6 is 28.3 Å². The predicted molar refractivity (Wildman–Crippen MR) is 491 cm³/mol. The highest BCUT2D eigenvalue weighted by molar-refractivity contribution is 9.10. The molecule has 41 heteroatoms. The highest BCUT2D eigenvalue weighted by Gasteiger charge is 2.36. The van der Waals surface area contributed by atoms with Gasteiger partial charge in [-0.3, -0.25) is 101 Å². The molecular formula is C89H121BrClN17O22. The molecule has 8 N–H and O–H groups in total. The molecule has 0 spiro atoms. The largest absolute Gasteiger partial charge is 0.444 e. The first kappa shape index (κ1) is 107. The van der Waals surface area contributed by atoms with Gasteiger partial charge in [0.05, 0.1) is 64.0 Å². The predicted octanol–water partition coefficient (Wildman–Crippen LogP) is 7.25. The van der Waals surface area contributed by atoms with Crippen LogP contribution in [0.5, 0.6) is 0 Å². The Bertz CT molecular complexity index is 5810. The van der Waals surface area contributed by atoms with E-state index >= 15 is 0 Å². The Kier molecular flexibility index (Phi) is 39.4. The van der Waals surface area contributed by atoms with Crippen LogP contribution in [0.25, 0.3) is 44.1 Å². The van der Waals surface area contributed by atoms with E-state index in [9.17, 15) is 71.9 Å². The highest BCUT2D eigenvalue weighted by Crippen LogP contribution is 2.30. The number of aryl methyl sites for hydroxylation is 6. The average Bonchev–Trinajstić information content (AvgIpc) is 1.62. The normalized spacial score (nSPS) is 16.2. The highest BCUT2D eigenvalue weighted by atomic mass is 79.9. The molecule has 4 aliphatic heterocycles. The van der Waals surface area contributed by atoms with Gasteiger partial charge in [-0.15, -0.1) is 18.8 Å². The summed E-state index contributed by atoms with van der Waals surface area (Å²) < 4.78 is 45.1. The number of hydrogen-bond donors (Lipinski definition) is 6. The number of ether oxygens (including phenoxy) is 6. The Morgan fingerprint density at radius 2 is 0.785 bits per heavy atom. The lowest BCUT2D eigenvalue weighted by atomic mass is 10.1. The van der Waals surface area contributed by atoms with Gasteiger partial charge in [-0.2, -0.15) is 5.06 Å². The Hall–Kier alpha value is -12.0. The van der Waals surface area contributed by atoms with Crippen LogP contribution in [0.1, 0.15) is 167 Å². The van der Waals surface area contributed by atoms with Crippen LogP contribution in [0, 0.1) is 24.2 Å². The molecule has 39 nitrogen and oxygen atoms in total. The van der Waals surface area contributed by atoms with E-state index in [2.05, 4.69) is 60.3 Å². The van der Waals surface area contributed by atoms with E-state index in [0.717, 1.165) is 69.4 Å². The van der Waals surface area contributed by atoms with Crippen molar-refractivity contribution in [2.45, 2.75) is 180 Å². The van der Waals surface area contributed by atoms with E-state index < -0.39 is 76.8 Å². The van der Waals surface area contributed by atoms with Gasteiger partial charge in [-0.1, -0.05) is 45.8 Å². The van der Waals surface area contributed by atoms with Crippen LogP contribution in [0.2, 0.25) is 0 Å². The monoisotopic (exact) mass is 1890 g/mol. The number of benzene rings is 4. The second-order valence-electron chi connectivity index (χ2n) is 33.8. The second kappa shape index (κ2) is 48.0. The lowest BCUT2D eigenvalue weighted by Crippen LogP contribution is -2.44. The van der Waals surface area contributed by atoms with Crippen LogP contribution < -0.4 is 55.5 Å². The Morgan fingerprint density at radius 1 is 0.454 bits per heavy atom. The van der Waals surface area contributed by atoms with Crippen molar-refractivity contribution in [2.75, 3.05) is 94.1 Å². The summed E-state index contributed by atoms with van der Waals surface area (Å²) in [5, 5.41) is 13.2. The van der Waals surface area contributed by atoms with Gasteiger partial charge < -0.3 is 49.7 Å². The molecule has 0 aliphatic carbocycles. The summed E-state index contributed by atoms with van der Waals surface area (Å²) >= 11 is 3.37. The summed E-state index contributed by atoms with van der Waals surface area (Å²) in [6.07, 6.45) is 9.08. The molecule has 4 fully saturated rings. The molecule has 4 aromatic heterocycles. The maximum atomic E-state index is 12.8. The van der Waals surface area contributed by atoms with E-state index in [0.29, 0.717) is 98.5 Å². The number of fused-ring (bicyclic) bond motifs is 4. The summed E-state index contributed by atoms with van der Waals surface area (Å²) in [4.78, 5) is 188. The maximum Gasteiger partial charge on any atom is 0.434 e. The van der Waals surface area contributed by atoms with Crippen molar-refractivity contribution in [1.29, 1.82) is 0 Å². The quantitative estimate of drug-likeness (QED) is 0.0114. The van der Waals surface area contributed by atoms with E-state index in [-0.39, 0.29) is 116 Å². The van der Waals surface area contributed by atoms with E-state index in [1.165, 1.54) is 48.8 Å². The minimum Gasteiger partial charge on any atom is -0.444 e. The average molecular weight is 1900 g/mol. The standard InChI is InChI=1S/C24H34N4O6.C24H30N4O6.C19H26N4O4.C13H12BrN3O3.C9H15NO3.ClH.H3N/c2*1-24(2,3)34-23(32)26(4)12-14-33-13-6-7-16-8-9-17-19(15-16)27(5)22(31)28(17)18-10-11-20(29)25-21(18)30;1-20-9-11-27-10-3-4-13-5-6-14-16(12-13)22(2)19(26)23(14)15-7-8-17(24)21-18(15)25;1-16-10-6-7(14)2-3-8(10)17(13(16)20)9-4-5-11(18)15-12(9)19;1-6-7-12-10(5)8(11)13-9(2,3)4;;/h8-9,15,18H,6-7,10-14H2,1-5H3,(H,25,29,30);8-9,15,18H,10-14H2,1-5H3,(H,25,29,30);5-6,12,15,20H,3-4,7-11H2,1-2H3,(H,21,24,25);2-3,6,9H,4-5H2,1H3,(H,15,18,19);1H,7H2,2-5H3;1H;1H3. The SMILES string of the molecule is C#CCON(C)C(=O)OC(C)(C)C.CN(CCOCC#Cc1ccc2c(c1)n(C)c(=O)n2C1CCC(=O)NC1=O)C(=O)OC(C)(C)C.CN(CCOCCCc1ccc2c(c1)n(C)c(=O)n2C1CCC(=O)NC1=O)C(=O)OC(C)(C)C.CNCCOCCCc1ccc2c(c1)n(C)c(=O)n2C1CCC(=O)NC1=O.Cl.Cn1c(=O)n(C2CCC(=O)NC2=O)c2ccc(Br)cc21.N. The van der Waals surface area contributed by atoms with E-state index in [1.54, 1.807) is 91.9 Å². The molecule has 4 unspecified atom stereocenters. The lowest BCUT2D eigenvalue weighted by molar-refractivity contribution is -0.137. The van der Waals surface area contributed by atoms with Crippen LogP contribution in [0.4, 0.5) is 14.4 Å². The molecule has 708 valence electrons. The third-order valence-corrected chi connectivity index (χ3v) is 21.0. The number of imidazole rings is 4. The number of terminal acetylenes is 1. The number of hydroxylamine groups is 2. The number of carbonyl (C=O) groups is 11. The Labute approximate surface area is 766 Å². The van der Waals surface area contributed by atoms with Crippen molar-refractivity contribution in [3.05, 3.63) is 136 Å². The summed E-state index contributed by atoms with van der Waals surface area (Å²) in [5.41, 5.74) is 5.76. The summed E-state index contributed by atoms with van der Waals surface area (Å²) in [6.45, 7) is 20.8. The number of rotatable bonds is 24. The number of carbonyl (C=O) groups excluding carboxylic acids is 11. The maximum absolute atomic E-state index is 12.8. The molecule has 130 heavy (non-hydrogen) atoms. The number of nitrogens with zero attached hydrogens (tertiary/aromatic N) is 11. The minimum atomic E-state index is -0.724. The third-order valence-electron chi connectivity index (χ3n) is 20.5. The lowest BCUT2D eigenvalue weighted by Gasteiger charge is -2.24. The van der Waals surface area contributed by atoms with Crippen molar-refractivity contribution >= 4 is 138 Å². The zero-order chi connectivity index (χ0) is 94.4. The van der Waals surface area contributed by atoms with Crippen LogP contribution in [-0.2, 0) is 113 Å². The minimum absolute atomic E-state index is 0. The molecule has 0 radical (unpaired) electrons. The van der Waals surface area contributed by atoms with Gasteiger partial charge in [0.1, 0.15) is 54.2 Å². The molecule has 8 heterocycles. The van der Waals surface area contributed by atoms with Crippen LogP contribution in [0.15, 0.2) is 96.4 Å². The number of piperidine rings is 4. The first-order chi connectivity index (χ1) is 60.3. The zero-order valence-electron chi connectivity index (χ0n) is 76.8. The first-order valence-electron chi connectivity index (χ1n) is 41.9. The van der Waals surface area contributed by atoms with Crippen molar-refractivity contribution < 1.29 is 86.0 Å². The van der Waals surface area contributed by atoms with Gasteiger partial charge in [-0.05, 0) is 193 Å². The number of halogens is 2. The topological polar surface area (TPSA) is 465 Å². The van der Waals surface area contributed by atoms with Crippen molar-refractivity contribution in [1.82, 2.24) is 84.1 Å². The molecule has 0 bridgehead atoms. The van der Waals surface area contributed by atoms with Crippen molar-refractivity contribution in [2.24, 2.45) is 28.2 Å². The first-order valence-corrected chi connectivity index (χ1v) is 42.7. The molecule has 4 saturated heterocycles. The molecule has 11 amide bonds. The number of hydrogen-bond acceptors (Lipinski definition) is 24. The van der Waals surface area contributed by atoms with Crippen LogP contribution in [0.3, 0.4) is 0 Å². The summed E-state index contributed by atoms with van der Waals surface area (Å²) in [5.74, 6) is 5.21. The number of aromatic nitrogens is 8.